The lowest BCUT2D eigenvalue weighted by molar-refractivity contribution is -0.138. The maximum Gasteiger partial charge on any atom is 0.312 e. The van der Waals surface area contributed by atoms with Gasteiger partial charge in [-0.05, 0) is 12.8 Å². The minimum absolute atomic E-state index is 0.214. The standard InChI is InChI=1S/C8H8N2O3/c11-7-4-1-2-5(8(12)13)6(4)9-3-10-7/h3,5H,1-2H2,(H,12,13)(H,9,10,11). The number of H-pyrrole nitrogens is 1. The largest absolute Gasteiger partial charge is 0.481 e. The van der Waals surface area contributed by atoms with Crippen LogP contribution in [-0.2, 0) is 11.2 Å². The highest BCUT2D eigenvalue weighted by atomic mass is 16.4. The number of hydrogen-bond acceptors (Lipinski definition) is 3. The molecule has 68 valence electrons. The van der Waals surface area contributed by atoms with E-state index in [0.717, 1.165) is 0 Å². The van der Waals surface area contributed by atoms with E-state index in [0.29, 0.717) is 24.1 Å². The first kappa shape index (κ1) is 7.97. The molecule has 1 atom stereocenters. The van der Waals surface area contributed by atoms with E-state index in [1.54, 1.807) is 0 Å². The van der Waals surface area contributed by atoms with Crippen LogP contribution >= 0.6 is 0 Å². The van der Waals surface area contributed by atoms with Crippen LogP contribution in [0.4, 0.5) is 0 Å². The monoisotopic (exact) mass is 180 g/mol. The van der Waals surface area contributed by atoms with E-state index in [9.17, 15) is 9.59 Å². The van der Waals surface area contributed by atoms with Crippen LogP contribution in [0, 0.1) is 0 Å². The van der Waals surface area contributed by atoms with Crippen molar-refractivity contribution in [1.29, 1.82) is 0 Å². The van der Waals surface area contributed by atoms with Gasteiger partial charge in [-0.15, -0.1) is 0 Å². The number of nitrogens with zero attached hydrogens (tertiary/aromatic N) is 1. The molecule has 1 aromatic heterocycles. The molecule has 5 nitrogen and oxygen atoms in total. The summed E-state index contributed by atoms with van der Waals surface area (Å²) in [6.07, 6.45) is 2.24. The first-order valence-electron chi connectivity index (χ1n) is 3.99. The van der Waals surface area contributed by atoms with E-state index >= 15 is 0 Å². The Bertz CT molecular complexity index is 410. The first-order chi connectivity index (χ1) is 6.20. The van der Waals surface area contributed by atoms with Crippen LogP contribution in [0.2, 0.25) is 0 Å². The number of carboxylic acids is 1. The average molecular weight is 180 g/mol. The third kappa shape index (κ3) is 1.12. The summed E-state index contributed by atoms with van der Waals surface area (Å²) in [5.41, 5.74) is 0.736. The van der Waals surface area contributed by atoms with E-state index in [1.165, 1.54) is 6.33 Å². The topological polar surface area (TPSA) is 83.0 Å². The van der Waals surface area contributed by atoms with Crippen LogP contribution in [-0.4, -0.2) is 21.0 Å². The fourth-order valence-corrected chi connectivity index (χ4v) is 1.65. The number of rotatable bonds is 1. The number of carbonyl (C=O) groups is 1. The molecule has 1 aromatic rings. The molecular formula is C8H8N2O3. The summed E-state index contributed by atoms with van der Waals surface area (Å²) in [7, 11) is 0. The number of aromatic amines is 1. The van der Waals surface area contributed by atoms with Gasteiger partial charge in [0.15, 0.2) is 0 Å². The predicted octanol–water partition coefficient (Wildman–Crippen LogP) is -0.116. The minimum Gasteiger partial charge on any atom is -0.481 e. The highest BCUT2D eigenvalue weighted by molar-refractivity contribution is 5.76. The van der Waals surface area contributed by atoms with Crippen molar-refractivity contribution in [3.05, 3.63) is 27.9 Å². The number of nitrogens with one attached hydrogen (secondary N) is 1. The van der Waals surface area contributed by atoms with Crippen molar-refractivity contribution in [1.82, 2.24) is 9.97 Å². The Hall–Kier alpha value is -1.65. The van der Waals surface area contributed by atoms with Crippen molar-refractivity contribution >= 4 is 5.97 Å². The van der Waals surface area contributed by atoms with Crippen molar-refractivity contribution in [2.45, 2.75) is 18.8 Å². The van der Waals surface area contributed by atoms with Crippen molar-refractivity contribution in [2.75, 3.05) is 0 Å². The number of carboxylic acid groups (broad SMARTS) is 1. The molecule has 0 spiro atoms. The van der Waals surface area contributed by atoms with Gasteiger partial charge in [0.05, 0.1) is 17.9 Å². The molecule has 1 heterocycles. The summed E-state index contributed by atoms with van der Waals surface area (Å²) in [6.45, 7) is 0. The molecular weight excluding hydrogens is 172 g/mol. The number of aromatic nitrogens is 2. The predicted molar refractivity (Wildman–Crippen MR) is 43.6 cm³/mol. The van der Waals surface area contributed by atoms with Gasteiger partial charge >= 0.3 is 5.97 Å². The van der Waals surface area contributed by atoms with Gasteiger partial charge in [0.1, 0.15) is 0 Å². The molecule has 0 bridgehead atoms. The summed E-state index contributed by atoms with van der Waals surface area (Å²) < 4.78 is 0. The summed E-state index contributed by atoms with van der Waals surface area (Å²) in [4.78, 5) is 28.2. The quantitative estimate of drug-likeness (QED) is 0.631. The van der Waals surface area contributed by atoms with Crippen LogP contribution in [0.15, 0.2) is 11.1 Å². The van der Waals surface area contributed by atoms with E-state index in [4.69, 9.17) is 5.11 Å². The first-order valence-corrected chi connectivity index (χ1v) is 3.99. The Balaban J connectivity index is 2.55. The van der Waals surface area contributed by atoms with Crippen molar-refractivity contribution < 1.29 is 9.90 Å². The lowest BCUT2D eigenvalue weighted by Crippen LogP contribution is -2.15. The average Bonchev–Trinajstić information content (AvgIpc) is 2.48. The molecule has 2 N–H and O–H groups in total. The van der Waals surface area contributed by atoms with Gasteiger partial charge in [0, 0.05) is 5.56 Å². The fraction of sp³-hybridized carbons (Fsp3) is 0.375. The Morgan fingerprint density at radius 2 is 2.46 bits per heavy atom. The van der Waals surface area contributed by atoms with Crippen LogP contribution in [0.3, 0.4) is 0 Å². The normalized spacial score (nSPS) is 19.8. The third-order valence-electron chi connectivity index (χ3n) is 2.29. The molecule has 0 saturated heterocycles. The van der Waals surface area contributed by atoms with Crippen LogP contribution in [0.5, 0.6) is 0 Å². The molecule has 0 aromatic carbocycles. The Kier molecular flexibility index (Phi) is 1.65. The third-order valence-corrected chi connectivity index (χ3v) is 2.29. The van der Waals surface area contributed by atoms with E-state index < -0.39 is 11.9 Å². The van der Waals surface area contributed by atoms with Gasteiger partial charge in [-0.25, -0.2) is 4.98 Å². The second-order valence-corrected chi connectivity index (χ2v) is 3.02. The van der Waals surface area contributed by atoms with Gasteiger partial charge < -0.3 is 10.1 Å². The summed E-state index contributed by atoms with van der Waals surface area (Å²) in [5.74, 6) is -1.51. The fourth-order valence-electron chi connectivity index (χ4n) is 1.65. The molecule has 0 fully saturated rings. The highest BCUT2D eigenvalue weighted by Gasteiger charge is 2.31. The molecule has 0 radical (unpaired) electrons. The molecule has 5 heteroatoms. The van der Waals surface area contributed by atoms with Crippen LogP contribution in [0.1, 0.15) is 23.6 Å². The van der Waals surface area contributed by atoms with Crippen LogP contribution < -0.4 is 5.56 Å². The van der Waals surface area contributed by atoms with Gasteiger partial charge in [-0.3, -0.25) is 9.59 Å². The summed E-state index contributed by atoms with van der Waals surface area (Å²) >= 11 is 0. The molecule has 13 heavy (non-hydrogen) atoms. The van der Waals surface area contributed by atoms with E-state index in [2.05, 4.69) is 9.97 Å². The maximum atomic E-state index is 11.2. The Morgan fingerprint density at radius 3 is 3.15 bits per heavy atom. The molecule has 0 aliphatic heterocycles. The maximum absolute atomic E-state index is 11.2. The van der Waals surface area contributed by atoms with Crippen molar-refractivity contribution in [2.24, 2.45) is 0 Å². The number of fused-ring (bicyclic) bond motifs is 1. The second kappa shape index (κ2) is 2.69. The summed E-state index contributed by atoms with van der Waals surface area (Å²) in [5, 5.41) is 8.80. The lowest BCUT2D eigenvalue weighted by Gasteiger charge is -2.02. The highest BCUT2D eigenvalue weighted by Crippen LogP contribution is 2.28. The molecule has 0 saturated carbocycles. The number of hydrogen-bond donors (Lipinski definition) is 2. The Morgan fingerprint density at radius 1 is 1.69 bits per heavy atom. The smallest absolute Gasteiger partial charge is 0.312 e. The SMILES string of the molecule is O=C(O)C1CCc2c1nc[nH]c2=O. The summed E-state index contributed by atoms with van der Waals surface area (Å²) in [6, 6.07) is 0. The zero-order valence-corrected chi connectivity index (χ0v) is 6.78. The van der Waals surface area contributed by atoms with Crippen molar-refractivity contribution in [3.8, 4) is 0 Å². The van der Waals surface area contributed by atoms with E-state index in [-0.39, 0.29) is 5.56 Å². The zero-order valence-electron chi connectivity index (χ0n) is 6.78. The zero-order chi connectivity index (χ0) is 9.42. The van der Waals surface area contributed by atoms with Gasteiger partial charge in [0.25, 0.3) is 5.56 Å². The number of aliphatic carboxylic acids is 1. The van der Waals surface area contributed by atoms with E-state index in [1.807, 2.05) is 0 Å². The van der Waals surface area contributed by atoms with Gasteiger partial charge in [-0.2, -0.15) is 0 Å². The molecule has 1 unspecified atom stereocenters. The molecule has 0 amide bonds. The van der Waals surface area contributed by atoms with Gasteiger partial charge in [0.2, 0.25) is 0 Å². The lowest BCUT2D eigenvalue weighted by atomic mass is 10.1. The van der Waals surface area contributed by atoms with Crippen molar-refractivity contribution in [3.63, 3.8) is 0 Å². The van der Waals surface area contributed by atoms with Gasteiger partial charge in [-0.1, -0.05) is 0 Å². The second-order valence-electron chi connectivity index (χ2n) is 3.02. The molecule has 1 aliphatic rings. The molecule has 2 rings (SSSR count). The van der Waals surface area contributed by atoms with Crippen LogP contribution in [0.25, 0.3) is 0 Å². The molecule has 1 aliphatic carbocycles. The minimum atomic E-state index is -0.906. The Labute approximate surface area is 73.4 Å².